The van der Waals surface area contributed by atoms with Crippen LogP contribution in [0.15, 0.2) is 0 Å². The summed E-state index contributed by atoms with van der Waals surface area (Å²) >= 11 is 0. The zero-order valence-corrected chi connectivity index (χ0v) is 12.0. The lowest BCUT2D eigenvalue weighted by atomic mass is 10.1. The maximum Gasteiger partial charge on any atom is 0.225 e. The number of carbonyl (C=O) groups is 2. The number of hydrogen-bond donors (Lipinski definition) is 2. The Balaban J connectivity index is 2.19. The van der Waals surface area contributed by atoms with Crippen molar-refractivity contribution >= 4 is 11.8 Å². The summed E-state index contributed by atoms with van der Waals surface area (Å²) in [6.45, 7) is 5.39. The van der Waals surface area contributed by atoms with Gasteiger partial charge in [0.1, 0.15) is 0 Å². The molecule has 1 heterocycles. The molecular formula is C14H26N2O3. The first-order valence-corrected chi connectivity index (χ1v) is 7.24. The Morgan fingerprint density at radius 2 is 2.05 bits per heavy atom. The molecule has 1 atom stereocenters. The highest BCUT2D eigenvalue weighted by molar-refractivity contribution is 5.89. The van der Waals surface area contributed by atoms with Gasteiger partial charge in [0.15, 0.2) is 0 Å². The molecule has 1 saturated heterocycles. The van der Waals surface area contributed by atoms with Crippen LogP contribution in [0.2, 0.25) is 0 Å². The summed E-state index contributed by atoms with van der Waals surface area (Å²) in [6, 6.07) is 0.170. The summed E-state index contributed by atoms with van der Waals surface area (Å²) in [5, 5.41) is 11.5. The number of aliphatic hydroxyl groups is 1. The monoisotopic (exact) mass is 270 g/mol. The summed E-state index contributed by atoms with van der Waals surface area (Å²) < 4.78 is 0. The maximum atomic E-state index is 11.9. The Bertz CT molecular complexity index is 305. The predicted molar refractivity (Wildman–Crippen MR) is 73.5 cm³/mol. The highest BCUT2D eigenvalue weighted by atomic mass is 16.3. The molecule has 0 aromatic rings. The van der Waals surface area contributed by atoms with Crippen LogP contribution in [-0.2, 0) is 9.59 Å². The van der Waals surface area contributed by atoms with Crippen molar-refractivity contribution in [3.63, 3.8) is 0 Å². The average molecular weight is 270 g/mol. The van der Waals surface area contributed by atoms with E-state index in [1.807, 2.05) is 13.8 Å². The van der Waals surface area contributed by atoms with Gasteiger partial charge in [-0.3, -0.25) is 9.59 Å². The molecule has 19 heavy (non-hydrogen) atoms. The predicted octanol–water partition coefficient (Wildman–Crippen LogP) is 0.912. The zero-order chi connectivity index (χ0) is 14.3. The van der Waals surface area contributed by atoms with E-state index in [-0.39, 0.29) is 30.4 Å². The Labute approximate surface area is 115 Å². The van der Waals surface area contributed by atoms with Crippen LogP contribution in [0, 0.1) is 5.92 Å². The van der Waals surface area contributed by atoms with Crippen LogP contribution in [0.3, 0.4) is 0 Å². The number of rotatable bonds is 8. The molecule has 0 radical (unpaired) electrons. The normalized spacial score (nSPS) is 19.3. The quantitative estimate of drug-likeness (QED) is 0.644. The molecule has 0 bridgehead atoms. The summed E-state index contributed by atoms with van der Waals surface area (Å²) in [7, 11) is 0. The SMILES string of the molecule is CC(C)N1CC(C(=O)NCCCCCCO)CC1=O. The topological polar surface area (TPSA) is 69.6 Å². The minimum atomic E-state index is -0.188. The smallest absolute Gasteiger partial charge is 0.225 e. The van der Waals surface area contributed by atoms with Crippen molar-refractivity contribution in [1.29, 1.82) is 0 Å². The fourth-order valence-electron chi connectivity index (χ4n) is 2.35. The van der Waals surface area contributed by atoms with Crippen LogP contribution in [0.5, 0.6) is 0 Å². The molecule has 1 aliphatic heterocycles. The third-order valence-electron chi connectivity index (χ3n) is 3.54. The van der Waals surface area contributed by atoms with E-state index in [2.05, 4.69) is 5.32 Å². The second kappa shape index (κ2) is 8.15. The van der Waals surface area contributed by atoms with Gasteiger partial charge in [-0.15, -0.1) is 0 Å². The molecule has 0 aromatic carbocycles. The van der Waals surface area contributed by atoms with Gasteiger partial charge in [0.25, 0.3) is 0 Å². The van der Waals surface area contributed by atoms with E-state index >= 15 is 0 Å². The van der Waals surface area contributed by atoms with E-state index in [4.69, 9.17) is 5.11 Å². The van der Waals surface area contributed by atoms with Crippen LogP contribution in [-0.4, -0.2) is 47.6 Å². The molecule has 1 fully saturated rings. The number of likely N-dealkylation sites (tertiary alicyclic amines) is 1. The van der Waals surface area contributed by atoms with Gasteiger partial charge in [0, 0.05) is 32.2 Å². The fourth-order valence-corrected chi connectivity index (χ4v) is 2.35. The van der Waals surface area contributed by atoms with Gasteiger partial charge in [-0.25, -0.2) is 0 Å². The molecule has 1 aliphatic rings. The third-order valence-corrected chi connectivity index (χ3v) is 3.54. The van der Waals surface area contributed by atoms with Crippen molar-refractivity contribution in [2.75, 3.05) is 19.7 Å². The highest BCUT2D eigenvalue weighted by Crippen LogP contribution is 2.20. The summed E-state index contributed by atoms with van der Waals surface area (Å²) in [5.41, 5.74) is 0. The van der Waals surface area contributed by atoms with E-state index in [1.54, 1.807) is 4.90 Å². The van der Waals surface area contributed by atoms with Crippen molar-refractivity contribution in [2.45, 2.75) is 52.0 Å². The lowest BCUT2D eigenvalue weighted by Gasteiger charge is -2.20. The van der Waals surface area contributed by atoms with Gasteiger partial charge in [-0.05, 0) is 26.7 Å². The lowest BCUT2D eigenvalue weighted by molar-refractivity contribution is -0.129. The molecule has 5 nitrogen and oxygen atoms in total. The first-order valence-electron chi connectivity index (χ1n) is 7.24. The maximum absolute atomic E-state index is 11.9. The number of carbonyl (C=O) groups excluding carboxylic acids is 2. The number of amides is 2. The van der Waals surface area contributed by atoms with Crippen LogP contribution >= 0.6 is 0 Å². The van der Waals surface area contributed by atoms with E-state index in [9.17, 15) is 9.59 Å². The summed E-state index contributed by atoms with van der Waals surface area (Å²) in [4.78, 5) is 25.4. The van der Waals surface area contributed by atoms with Gasteiger partial charge in [-0.2, -0.15) is 0 Å². The van der Waals surface area contributed by atoms with Gasteiger partial charge in [0.05, 0.1) is 5.92 Å². The van der Waals surface area contributed by atoms with Crippen LogP contribution in [0.25, 0.3) is 0 Å². The molecule has 0 saturated carbocycles. The number of aliphatic hydroxyl groups excluding tert-OH is 1. The zero-order valence-electron chi connectivity index (χ0n) is 12.0. The molecule has 0 aliphatic carbocycles. The van der Waals surface area contributed by atoms with E-state index in [0.717, 1.165) is 25.7 Å². The van der Waals surface area contributed by atoms with Crippen molar-refractivity contribution in [1.82, 2.24) is 10.2 Å². The third kappa shape index (κ3) is 5.19. The molecule has 0 spiro atoms. The molecule has 5 heteroatoms. The first kappa shape index (κ1) is 16.0. The lowest BCUT2D eigenvalue weighted by Crippen LogP contribution is -2.35. The molecule has 1 unspecified atom stereocenters. The molecule has 0 aromatic heterocycles. The minimum Gasteiger partial charge on any atom is -0.396 e. The van der Waals surface area contributed by atoms with Gasteiger partial charge < -0.3 is 15.3 Å². The Kier molecular flexibility index (Phi) is 6.84. The minimum absolute atomic E-state index is 0.00124. The Morgan fingerprint density at radius 1 is 1.37 bits per heavy atom. The Morgan fingerprint density at radius 3 is 2.63 bits per heavy atom. The second-order valence-corrected chi connectivity index (χ2v) is 5.47. The number of hydrogen-bond acceptors (Lipinski definition) is 3. The van der Waals surface area contributed by atoms with Crippen molar-refractivity contribution in [2.24, 2.45) is 5.92 Å². The van der Waals surface area contributed by atoms with Crippen LogP contribution in [0.1, 0.15) is 46.0 Å². The fraction of sp³-hybridized carbons (Fsp3) is 0.857. The van der Waals surface area contributed by atoms with Crippen LogP contribution < -0.4 is 5.32 Å². The molecule has 1 rings (SSSR count). The van der Waals surface area contributed by atoms with Crippen LogP contribution in [0.4, 0.5) is 0 Å². The van der Waals surface area contributed by atoms with Gasteiger partial charge in [-0.1, -0.05) is 12.8 Å². The van der Waals surface area contributed by atoms with Gasteiger partial charge >= 0.3 is 0 Å². The first-order chi connectivity index (χ1) is 9.06. The largest absolute Gasteiger partial charge is 0.396 e. The molecule has 2 N–H and O–H groups in total. The molecular weight excluding hydrogens is 244 g/mol. The highest BCUT2D eigenvalue weighted by Gasteiger charge is 2.35. The standard InChI is InChI=1S/C14H26N2O3/c1-11(2)16-10-12(9-13(16)18)14(19)15-7-5-3-4-6-8-17/h11-12,17H,3-10H2,1-2H3,(H,15,19). The van der Waals surface area contributed by atoms with Gasteiger partial charge in [0.2, 0.25) is 11.8 Å². The van der Waals surface area contributed by atoms with E-state index in [0.29, 0.717) is 19.5 Å². The van der Waals surface area contributed by atoms with E-state index in [1.165, 1.54) is 0 Å². The number of unbranched alkanes of at least 4 members (excludes halogenated alkanes) is 3. The summed E-state index contributed by atoms with van der Waals surface area (Å²) in [5.74, 6) is -0.107. The summed E-state index contributed by atoms with van der Waals surface area (Å²) in [6.07, 6.45) is 4.11. The van der Waals surface area contributed by atoms with E-state index < -0.39 is 0 Å². The number of nitrogens with one attached hydrogen (secondary N) is 1. The number of nitrogens with zero attached hydrogens (tertiary/aromatic N) is 1. The molecule has 2 amide bonds. The second-order valence-electron chi connectivity index (χ2n) is 5.47. The Hall–Kier alpha value is -1.10. The average Bonchev–Trinajstić information content (AvgIpc) is 2.75. The van der Waals surface area contributed by atoms with Crippen molar-refractivity contribution in [3.05, 3.63) is 0 Å². The van der Waals surface area contributed by atoms with Crippen molar-refractivity contribution in [3.8, 4) is 0 Å². The molecule has 110 valence electrons. The van der Waals surface area contributed by atoms with Crippen molar-refractivity contribution < 1.29 is 14.7 Å².